The topological polar surface area (TPSA) is 85.0 Å². The number of nitro benzene ring substituents is 1. The third-order valence-electron chi connectivity index (χ3n) is 3.53. The predicted octanol–water partition coefficient (Wildman–Crippen LogP) is 6.15. The molecule has 3 aromatic carbocycles. The molecule has 136 valence electrons. The summed E-state index contributed by atoms with van der Waals surface area (Å²) in [5.41, 5.74) is 0.579. The number of phenols is 1. The molecule has 0 radical (unpaired) electrons. The van der Waals surface area contributed by atoms with Crippen molar-refractivity contribution in [2.45, 2.75) is 0 Å². The first-order valence-electron chi connectivity index (χ1n) is 7.67. The van der Waals surface area contributed by atoms with Gasteiger partial charge in [-0.3, -0.25) is 15.1 Å². The van der Waals surface area contributed by atoms with Crippen LogP contribution >= 0.6 is 23.2 Å². The third kappa shape index (κ3) is 4.75. The van der Waals surface area contributed by atoms with E-state index in [1.54, 1.807) is 42.5 Å². The van der Waals surface area contributed by atoms with Gasteiger partial charge in [0.1, 0.15) is 17.2 Å². The van der Waals surface area contributed by atoms with Crippen LogP contribution in [0, 0.1) is 10.1 Å². The van der Waals surface area contributed by atoms with Gasteiger partial charge in [0.2, 0.25) is 0 Å². The molecule has 0 heterocycles. The lowest BCUT2D eigenvalue weighted by molar-refractivity contribution is -0.384. The highest BCUT2D eigenvalue weighted by atomic mass is 35.5. The Morgan fingerprint density at radius 1 is 1.04 bits per heavy atom. The second-order valence-electron chi connectivity index (χ2n) is 5.43. The first-order chi connectivity index (χ1) is 12.9. The summed E-state index contributed by atoms with van der Waals surface area (Å²) < 4.78 is 5.69. The predicted molar refractivity (Wildman–Crippen MR) is 105 cm³/mol. The summed E-state index contributed by atoms with van der Waals surface area (Å²) >= 11 is 12.1. The molecule has 0 aliphatic heterocycles. The monoisotopic (exact) mass is 402 g/mol. The Hall–Kier alpha value is -3.09. The Labute approximate surface area is 164 Å². The van der Waals surface area contributed by atoms with Crippen LogP contribution in [-0.4, -0.2) is 16.2 Å². The minimum atomic E-state index is -0.545. The van der Waals surface area contributed by atoms with E-state index in [0.717, 1.165) is 0 Å². The normalized spacial score (nSPS) is 10.9. The van der Waals surface area contributed by atoms with Gasteiger partial charge in [-0.15, -0.1) is 0 Å². The standard InChI is InChI=1S/C19H12Cl2N2O4/c20-13-1-5-16(6-2-13)27-19-8-3-14(10-17(19)21)22-11-12-9-15(23(25)26)4-7-18(12)24/h1-11,24H. The number of rotatable bonds is 5. The van der Waals surface area contributed by atoms with Crippen molar-refractivity contribution >= 4 is 40.8 Å². The summed E-state index contributed by atoms with van der Waals surface area (Å²) in [6, 6.07) is 15.4. The average Bonchev–Trinajstić information content (AvgIpc) is 2.64. The summed E-state index contributed by atoms with van der Waals surface area (Å²) in [5, 5.41) is 21.6. The molecule has 0 unspecified atom stereocenters. The molecule has 0 atom stereocenters. The van der Waals surface area contributed by atoms with Crippen LogP contribution in [0.3, 0.4) is 0 Å². The van der Waals surface area contributed by atoms with Crippen molar-refractivity contribution < 1.29 is 14.8 Å². The lowest BCUT2D eigenvalue weighted by Crippen LogP contribution is -1.90. The zero-order valence-electron chi connectivity index (χ0n) is 13.7. The van der Waals surface area contributed by atoms with Gasteiger partial charge in [-0.05, 0) is 48.5 Å². The third-order valence-corrected chi connectivity index (χ3v) is 4.08. The van der Waals surface area contributed by atoms with Crippen molar-refractivity contribution in [1.29, 1.82) is 0 Å². The first-order valence-corrected chi connectivity index (χ1v) is 8.42. The molecule has 0 saturated heterocycles. The SMILES string of the molecule is O=[N+]([O-])c1ccc(O)c(C=Nc2ccc(Oc3ccc(Cl)cc3)c(Cl)c2)c1. The number of halogens is 2. The van der Waals surface area contributed by atoms with E-state index in [4.69, 9.17) is 27.9 Å². The van der Waals surface area contributed by atoms with E-state index in [1.807, 2.05) is 0 Å². The Balaban J connectivity index is 1.79. The number of benzene rings is 3. The second-order valence-corrected chi connectivity index (χ2v) is 6.27. The van der Waals surface area contributed by atoms with Crippen LogP contribution in [0.15, 0.2) is 65.7 Å². The summed E-state index contributed by atoms with van der Waals surface area (Å²) in [6.07, 6.45) is 1.33. The average molecular weight is 403 g/mol. The number of aliphatic imine (C=N–C) groups is 1. The fraction of sp³-hybridized carbons (Fsp3) is 0. The van der Waals surface area contributed by atoms with Gasteiger partial charge in [0.25, 0.3) is 5.69 Å². The molecule has 27 heavy (non-hydrogen) atoms. The van der Waals surface area contributed by atoms with Gasteiger partial charge in [0, 0.05) is 28.9 Å². The van der Waals surface area contributed by atoms with Crippen molar-refractivity contribution in [1.82, 2.24) is 0 Å². The second kappa shape index (κ2) is 8.07. The molecule has 1 N–H and O–H groups in total. The lowest BCUT2D eigenvalue weighted by Gasteiger charge is -2.08. The van der Waals surface area contributed by atoms with E-state index in [-0.39, 0.29) is 17.0 Å². The molecule has 8 heteroatoms. The van der Waals surface area contributed by atoms with Crippen molar-refractivity contribution in [2.24, 2.45) is 4.99 Å². The van der Waals surface area contributed by atoms with Crippen molar-refractivity contribution in [3.05, 3.63) is 86.4 Å². The van der Waals surface area contributed by atoms with Crippen LogP contribution in [0.5, 0.6) is 17.2 Å². The van der Waals surface area contributed by atoms with E-state index in [0.29, 0.717) is 27.2 Å². The lowest BCUT2D eigenvalue weighted by atomic mass is 10.2. The maximum absolute atomic E-state index is 10.8. The van der Waals surface area contributed by atoms with Gasteiger partial charge < -0.3 is 9.84 Å². The van der Waals surface area contributed by atoms with Gasteiger partial charge >= 0.3 is 0 Å². The molecule has 0 aliphatic carbocycles. The number of nitro groups is 1. The summed E-state index contributed by atoms with van der Waals surface area (Å²) in [6.45, 7) is 0. The van der Waals surface area contributed by atoms with Crippen LogP contribution in [0.1, 0.15) is 5.56 Å². The van der Waals surface area contributed by atoms with Gasteiger partial charge in [0.15, 0.2) is 0 Å². The fourth-order valence-corrected chi connectivity index (χ4v) is 2.52. The molecule has 3 rings (SSSR count). The van der Waals surface area contributed by atoms with Gasteiger partial charge in [-0.1, -0.05) is 23.2 Å². The minimum absolute atomic E-state index is 0.113. The van der Waals surface area contributed by atoms with E-state index in [2.05, 4.69) is 4.99 Å². The van der Waals surface area contributed by atoms with E-state index >= 15 is 0 Å². The zero-order valence-corrected chi connectivity index (χ0v) is 15.2. The molecule has 0 saturated carbocycles. The molecule has 0 fully saturated rings. The minimum Gasteiger partial charge on any atom is -0.507 e. The largest absolute Gasteiger partial charge is 0.507 e. The van der Waals surface area contributed by atoms with Crippen molar-refractivity contribution in [2.75, 3.05) is 0 Å². The highest BCUT2D eigenvalue weighted by Gasteiger charge is 2.09. The van der Waals surface area contributed by atoms with Crippen LogP contribution in [0.25, 0.3) is 0 Å². The molecule has 0 amide bonds. The highest BCUT2D eigenvalue weighted by Crippen LogP contribution is 2.33. The number of hydrogen-bond acceptors (Lipinski definition) is 5. The number of phenolic OH excluding ortho intramolecular Hbond substituents is 1. The Kier molecular flexibility index (Phi) is 5.59. The molecule has 0 bridgehead atoms. The van der Waals surface area contributed by atoms with Crippen LogP contribution in [-0.2, 0) is 0 Å². The van der Waals surface area contributed by atoms with Gasteiger partial charge in [-0.25, -0.2) is 0 Å². The molecular formula is C19H12Cl2N2O4. The number of non-ortho nitro benzene ring substituents is 1. The molecule has 0 aliphatic rings. The maximum atomic E-state index is 10.8. The Morgan fingerprint density at radius 3 is 2.44 bits per heavy atom. The molecule has 6 nitrogen and oxygen atoms in total. The van der Waals surface area contributed by atoms with E-state index < -0.39 is 4.92 Å². The Bertz CT molecular complexity index is 1020. The quantitative estimate of drug-likeness (QED) is 0.315. The first kappa shape index (κ1) is 18.7. The molecule has 0 spiro atoms. The maximum Gasteiger partial charge on any atom is 0.270 e. The summed E-state index contributed by atoms with van der Waals surface area (Å²) in [5.74, 6) is 0.911. The highest BCUT2D eigenvalue weighted by molar-refractivity contribution is 6.32. The van der Waals surface area contributed by atoms with Gasteiger partial charge in [-0.2, -0.15) is 0 Å². The summed E-state index contributed by atoms with van der Waals surface area (Å²) in [7, 11) is 0. The summed E-state index contributed by atoms with van der Waals surface area (Å²) in [4.78, 5) is 14.5. The molecule has 0 aromatic heterocycles. The van der Waals surface area contributed by atoms with Crippen molar-refractivity contribution in [3.63, 3.8) is 0 Å². The molecular weight excluding hydrogens is 391 g/mol. The number of nitrogens with zero attached hydrogens (tertiary/aromatic N) is 2. The number of hydrogen-bond donors (Lipinski definition) is 1. The fourth-order valence-electron chi connectivity index (χ4n) is 2.19. The zero-order chi connectivity index (χ0) is 19.4. The smallest absolute Gasteiger partial charge is 0.270 e. The van der Waals surface area contributed by atoms with E-state index in [9.17, 15) is 15.2 Å². The van der Waals surface area contributed by atoms with Crippen LogP contribution in [0.2, 0.25) is 10.0 Å². The van der Waals surface area contributed by atoms with E-state index in [1.165, 1.54) is 24.4 Å². The van der Waals surface area contributed by atoms with Crippen LogP contribution in [0.4, 0.5) is 11.4 Å². The Morgan fingerprint density at radius 2 is 1.78 bits per heavy atom. The molecule has 3 aromatic rings. The van der Waals surface area contributed by atoms with Gasteiger partial charge in [0.05, 0.1) is 15.6 Å². The number of ether oxygens (including phenoxy) is 1. The number of aromatic hydroxyl groups is 1. The van der Waals surface area contributed by atoms with Crippen LogP contribution < -0.4 is 4.74 Å². The van der Waals surface area contributed by atoms with Crippen molar-refractivity contribution in [3.8, 4) is 17.2 Å².